The summed E-state index contributed by atoms with van der Waals surface area (Å²) in [6.07, 6.45) is 1.36. The molecule has 8 nitrogen and oxygen atoms in total. The van der Waals surface area contributed by atoms with Crippen LogP contribution >= 0.6 is 0 Å². The molecule has 0 radical (unpaired) electrons. The molecule has 1 amide bonds. The van der Waals surface area contributed by atoms with Crippen LogP contribution in [-0.4, -0.2) is 53.9 Å². The fraction of sp³-hybridized carbons (Fsp3) is 0.400. The maximum Gasteiger partial charge on any atom is 0.265 e. The number of carbonyl (C=O) groups excluding carboxylic acids is 1. The Morgan fingerprint density at radius 2 is 2.21 bits per heavy atom. The van der Waals surface area contributed by atoms with Gasteiger partial charge in [-0.1, -0.05) is 0 Å². The minimum absolute atomic E-state index is 0.0547. The van der Waals surface area contributed by atoms with E-state index in [4.69, 9.17) is 4.74 Å². The van der Waals surface area contributed by atoms with Crippen LogP contribution in [-0.2, 0) is 9.53 Å². The van der Waals surface area contributed by atoms with E-state index in [2.05, 4.69) is 30.9 Å². The molecule has 1 aromatic carbocycles. The van der Waals surface area contributed by atoms with Crippen molar-refractivity contribution in [3.05, 3.63) is 41.6 Å². The fourth-order valence-corrected chi connectivity index (χ4v) is 2.89. The minimum atomic E-state index is -0.310. The van der Waals surface area contributed by atoms with Gasteiger partial charge in [-0.3, -0.25) is 4.79 Å². The second-order valence-electron chi connectivity index (χ2n) is 6.84. The monoisotopic (exact) mass is 400 g/mol. The van der Waals surface area contributed by atoms with Gasteiger partial charge in [-0.05, 0) is 44.5 Å². The van der Waals surface area contributed by atoms with E-state index in [0.717, 1.165) is 12.1 Å². The van der Waals surface area contributed by atoms with E-state index >= 15 is 0 Å². The van der Waals surface area contributed by atoms with Gasteiger partial charge < -0.3 is 20.7 Å². The molecule has 1 aliphatic rings. The maximum atomic E-state index is 13.4. The number of ether oxygens (including phenoxy) is 1. The molecule has 29 heavy (non-hydrogen) atoms. The molecule has 0 bridgehead atoms. The molecule has 9 heteroatoms. The first kappa shape index (κ1) is 20.8. The van der Waals surface area contributed by atoms with Crippen molar-refractivity contribution in [2.24, 2.45) is 4.99 Å². The highest BCUT2D eigenvalue weighted by atomic mass is 19.1. The Morgan fingerprint density at radius 1 is 1.38 bits per heavy atom. The standard InChI is InChI=1S/C20H25FN6O2/c1-12-8-15(21)4-5-17(12)27-19-18(13(2)24-11-25-19)26-14(3)20(28)23-10-16-9-22-6-7-29-16/h4-5,8,11,16,22H,6-7,9-10H2,1-3H3,(H,23,28)(H,24,25,27). The number of rotatable bonds is 6. The third-order valence-electron chi connectivity index (χ3n) is 4.55. The largest absolute Gasteiger partial charge is 0.374 e. The number of anilines is 2. The summed E-state index contributed by atoms with van der Waals surface area (Å²) in [5.41, 5.74) is 2.79. The Labute approximate surface area is 169 Å². The molecule has 2 aromatic rings. The summed E-state index contributed by atoms with van der Waals surface area (Å²) < 4.78 is 18.9. The molecule has 1 atom stereocenters. The second kappa shape index (κ2) is 9.53. The third-order valence-corrected chi connectivity index (χ3v) is 4.55. The summed E-state index contributed by atoms with van der Waals surface area (Å²) >= 11 is 0. The Balaban J connectivity index is 1.75. The number of aromatic nitrogens is 2. The predicted octanol–water partition coefficient (Wildman–Crippen LogP) is 2.17. The molecular weight excluding hydrogens is 375 g/mol. The molecule has 1 aromatic heterocycles. The molecule has 154 valence electrons. The first-order chi connectivity index (χ1) is 13.9. The lowest BCUT2D eigenvalue weighted by Gasteiger charge is -2.23. The van der Waals surface area contributed by atoms with Crippen molar-refractivity contribution in [1.29, 1.82) is 0 Å². The number of morpholine rings is 1. The van der Waals surface area contributed by atoms with E-state index in [1.807, 2.05) is 0 Å². The van der Waals surface area contributed by atoms with E-state index in [0.29, 0.717) is 42.6 Å². The number of benzene rings is 1. The number of nitrogens with zero attached hydrogens (tertiary/aromatic N) is 3. The van der Waals surface area contributed by atoms with E-state index < -0.39 is 0 Å². The number of hydrogen-bond acceptors (Lipinski definition) is 7. The zero-order valence-corrected chi connectivity index (χ0v) is 16.8. The molecule has 0 spiro atoms. The van der Waals surface area contributed by atoms with Crippen LogP contribution in [0.3, 0.4) is 0 Å². The first-order valence-electron chi connectivity index (χ1n) is 9.44. The molecule has 1 aliphatic heterocycles. The quantitative estimate of drug-likeness (QED) is 0.643. The van der Waals surface area contributed by atoms with Crippen LogP contribution in [0.25, 0.3) is 0 Å². The lowest BCUT2D eigenvalue weighted by molar-refractivity contribution is -0.115. The first-order valence-corrected chi connectivity index (χ1v) is 9.44. The van der Waals surface area contributed by atoms with Gasteiger partial charge in [0, 0.05) is 25.3 Å². The number of hydrogen-bond donors (Lipinski definition) is 3. The highest BCUT2D eigenvalue weighted by molar-refractivity contribution is 6.38. The van der Waals surface area contributed by atoms with Gasteiger partial charge in [0.2, 0.25) is 0 Å². The molecule has 1 fully saturated rings. The number of halogens is 1. The van der Waals surface area contributed by atoms with Crippen molar-refractivity contribution in [3.63, 3.8) is 0 Å². The summed E-state index contributed by atoms with van der Waals surface area (Å²) in [6, 6.07) is 4.43. The average molecular weight is 400 g/mol. The number of aliphatic imine (C=N–C) groups is 1. The normalized spacial score (nSPS) is 17.1. The van der Waals surface area contributed by atoms with Gasteiger partial charge in [-0.25, -0.2) is 19.4 Å². The van der Waals surface area contributed by atoms with Gasteiger partial charge in [-0.2, -0.15) is 0 Å². The average Bonchev–Trinajstić information content (AvgIpc) is 2.71. The topological polar surface area (TPSA) is 101 Å². The summed E-state index contributed by atoms with van der Waals surface area (Å²) in [7, 11) is 0. The molecule has 0 saturated carbocycles. The van der Waals surface area contributed by atoms with Gasteiger partial charge in [0.15, 0.2) is 5.82 Å². The molecule has 2 heterocycles. The van der Waals surface area contributed by atoms with Gasteiger partial charge in [0.1, 0.15) is 23.5 Å². The zero-order valence-electron chi connectivity index (χ0n) is 16.8. The smallest absolute Gasteiger partial charge is 0.265 e. The van der Waals surface area contributed by atoms with Gasteiger partial charge in [-0.15, -0.1) is 0 Å². The van der Waals surface area contributed by atoms with Crippen LogP contribution in [0.15, 0.2) is 29.5 Å². The highest BCUT2D eigenvalue weighted by Crippen LogP contribution is 2.29. The van der Waals surface area contributed by atoms with Crippen molar-refractivity contribution in [3.8, 4) is 0 Å². The Kier molecular flexibility index (Phi) is 6.84. The number of carbonyl (C=O) groups is 1. The van der Waals surface area contributed by atoms with Crippen molar-refractivity contribution < 1.29 is 13.9 Å². The van der Waals surface area contributed by atoms with Crippen molar-refractivity contribution >= 4 is 28.8 Å². The molecular formula is C20H25FN6O2. The molecule has 3 N–H and O–H groups in total. The lowest BCUT2D eigenvalue weighted by atomic mass is 10.2. The van der Waals surface area contributed by atoms with E-state index in [1.165, 1.54) is 18.5 Å². The summed E-state index contributed by atoms with van der Waals surface area (Å²) in [6.45, 7) is 7.78. The van der Waals surface area contributed by atoms with Crippen LogP contribution < -0.4 is 16.0 Å². The third kappa shape index (κ3) is 5.55. The molecule has 0 aliphatic carbocycles. The Hall–Kier alpha value is -2.91. The fourth-order valence-electron chi connectivity index (χ4n) is 2.89. The molecule has 3 rings (SSSR count). The maximum absolute atomic E-state index is 13.4. The number of nitrogens with one attached hydrogen (secondary N) is 3. The van der Waals surface area contributed by atoms with E-state index in [1.54, 1.807) is 26.8 Å². The van der Waals surface area contributed by atoms with Gasteiger partial charge in [0.05, 0.1) is 18.4 Å². The van der Waals surface area contributed by atoms with E-state index in [9.17, 15) is 9.18 Å². The van der Waals surface area contributed by atoms with Crippen LogP contribution in [0, 0.1) is 19.7 Å². The highest BCUT2D eigenvalue weighted by Gasteiger charge is 2.16. The second-order valence-corrected chi connectivity index (χ2v) is 6.84. The van der Waals surface area contributed by atoms with Crippen LogP contribution in [0.1, 0.15) is 18.2 Å². The zero-order chi connectivity index (χ0) is 20.8. The summed E-state index contributed by atoms with van der Waals surface area (Å²) in [5.74, 6) is -0.152. The number of aryl methyl sites for hydroxylation is 2. The molecule has 1 saturated heterocycles. The van der Waals surface area contributed by atoms with Gasteiger partial charge in [0.25, 0.3) is 5.91 Å². The Morgan fingerprint density at radius 3 is 2.93 bits per heavy atom. The summed E-state index contributed by atoms with van der Waals surface area (Å²) in [4.78, 5) is 25.3. The molecule has 1 unspecified atom stereocenters. The van der Waals surface area contributed by atoms with Gasteiger partial charge >= 0.3 is 0 Å². The SMILES string of the molecule is CC(=Nc1c(C)ncnc1Nc1ccc(F)cc1C)C(=O)NCC1CNCCO1. The summed E-state index contributed by atoms with van der Waals surface area (Å²) in [5, 5.41) is 9.21. The van der Waals surface area contributed by atoms with Crippen molar-refractivity contribution in [2.75, 3.05) is 31.6 Å². The lowest BCUT2D eigenvalue weighted by Crippen LogP contribution is -2.46. The minimum Gasteiger partial charge on any atom is -0.374 e. The van der Waals surface area contributed by atoms with Crippen LogP contribution in [0.2, 0.25) is 0 Å². The van der Waals surface area contributed by atoms with Crippen LogP contribution in [0.5, 0.6) is 0 Å². The van der Waals surface area contributed by atoms with Crippen LogP contribution in [0.4, 0.5) is 21.6 Å². The van der Waals surface area contributed by atoms with Crippen molar-refractivity contribution in [1.82, 2.24) is 20.6 Å². The predicted molar refractivity (Wildman–Crippen MR) is 110 cm³/mol. The van der Waals surface area contributed by atoms with Crippen molar-refractivity contribution in [2.45, 2.75) is 26.9 Å². The van der Waals surface area contributed by atoms with E-state index in [-0.39, 0.29) is 23.5 Å². The number of amides is 1. The Bertz CT molecular complexity index is 912.